The Labute approximate surface area is 156 Å². The summed E-state index contributed by atoms with van der Waals surface area (Å²) in [6, 6.07) is 12.7. The SMILES string of the molecule is CC(C)NC(=O)CNC(=O)c1ccc(N2C(=O)c3ccccc3C2=O)cc1. The summed E-state index contributed by atoms with van der Waals surface area (Å²) in [4.78, 5) is 49.8. The summed E-state index contributed by atoms with van der Waals surface area (Å²) in [5.74, 6) is -1.47. The summed E-state index contributed by atoms with van der Waals surface area (Å²) >= 11 is 0. The van der Waals surface area contributed by atoms with E-state index < -0.39 is 17.7 Å². The molecule has 0 aliphatic carbocycles. The third-order valence-corrected chi connectivity index (χ3v) is 4.04. The van der Waals surface area contributed by atoms with Gasteiger partial charge in [0, 0.05) is 11.6 Å². The van der Waals surface area contributed by atoms with Crippen molar-refractivity contribution in [3.63, 3.8) is 0 Å². The molecule has 2 N–H and O–H groups in total. The largest absolute Gasteiger partial charge is 0.352 e. The summed E-state index contributed by atoms with van der Waals surface area (Å²) in [5, 5.41) is 5.21. The molecule has 138 valence electrons. The minimum absolute atomic E-state index is 0.00616. The molecule has 27 heavy (non-hydrogen) atoms. The lowest BCUT2D eigenvalue weighted by atomic mass is 10.1. The van der Waals surface area contributed by atoms with Crippen LogP contribution >= 0.6 is 0 Å². The molecule has 2 aromatic carbocycles. The number of hydrogen-bond donors (Lipinski definition) is 2. The van der Waals surface area contributed by atoms with Gasteiger partial charge in [-0.1, -0.05) is 12.1 Å². The number of anilines is 1. The number of rotatable bonds is 5. The van der Waals surface area contributed by atoms with Crippen LogP contribution in [0.25, 0.3) is 0 Å². The van der Waals surface area contributed by atoms with E-state index in [4.69, 9.17) is 0 Å². The average Bonchev–Trinajstić information content (AvgIpc) is 2.90. The molecule has 0 aromatic heterocycles. The zero-order chi connectivity index (χ0) is 19.6. The molecule has 7 heteroatoms. The van der Waals surface area contributed by atoms with E-state index in [2.05, 4.69) is 10.6 Å². The molecule has 1 aliphatic heterocycles. The summed E-state index contributed by atoms with van der Waals surface area (Å²) in [5.41, 5.74) is 1.43. The van der Waals surface area contributed by atoms with Gasteiger partial charge in [-0.3, -0.25) is 19.2 Å². The van der Waals surface area contributed by atoms with Crippen molar-refractivity contribution in [3.05, 3.63) is 65.2 Å². The molecule has 1 heterocycles. The van der Waals surface area contributed by atoms with Gasteiger partial charge in [0.2, 0.25) is 5.91 Å². The quantitative estimate of drug-likeness (QED) is 0.789. The molecule has 0 saturated heterocycles. The van der Waals surface area contributed by atoms with Crippen molar-refractivity contribution in [2.45, 2.75) is 19.9 Å². The first-order valence-electron chi connectivity index (χ1n) is 8.54. The lowest BCUT2D eigenvalue weighted by Crippen LogP contribution is -2.39. The Hall–Kier alpha value is -3.48. The molecule has 0 fully saturated rings. The van der Waals surface area contributed by atoms with E-state index in [0.717, 1.165) is 4.90 Å². The molecule has 0 radical (unpaired) electrons. The molecule has 0 saturated carbocycles. The Morgan fingerprint density at radius 1 is 0.926 bits per heavy atom. The van der Waals surface area contributed by atoms with Gasteiger partial charge < -0.3 is 10.6 Å². The Morgan fingerprint density at radius 3 is 2.00 bits per heavy atom. The summed E-state index contributed by atoms with van der Waals surface area (Å²) in [6.45, 7) is 3.53. The zero-order valence-corrected chi connectivity index (χ0v) is 15.0. The van der Waals surface area contributed by atoms with Crippen molar-refractivity contribution in [3.8, 4) is 0 Å². The van der Waals surface area contributed by atoms with Crippen LogP contribution in [0.1, 0.15) is 44.9 Å². The molecule has 0 spiro atoms. The van der Waals surface area contributed by atoms with Gasteiger partial charge in [0.05, 0.1) is 23.4 Å². The van der Waals surface area contributed by atoms with Gasteiger partial charge in [-0.15, -0.1) is 0 Å². The first-order chi connectivity index (χ1) is 12.9. The number of nitrogens with one attached hydrogen (secondary N) is 2. The van der Waals surface area contributed by atoms with Gasteiger partial charge in [0.15, 0.2) is 0 Å². The predicted molar refractivity (Wildman–Crippen MR) is 99.6 cm³/mol. The maximum Gasteiger partial charge on any atom is 0.266 e. The first kappa shape index (κ1) is 18.3. The number of fused-ring (bicyclic) bond motifs is 1. The zero-order valence-electron chi connectivity index (χ0n) is 15.0. The third kappa shape index (κ3) is 3.72. The fourth-order valence-electron chi connectivity index (χ4n) is 2.82. The van der Waals surface area contributed by atoms with Crippen LogP contribution in [-0.2, 0) is 4.79 Å². The topological polar surface area (TPSA) is 95.6 Å². The average molecular weight is 365 g/mol. The maximum absolute atomic E-state index is 12.5. The van der Waals surface area contributed by atoms with Crippen LogP contribution in [0, 0.1) is 0 Å². The van der Waals surface area contributed by atoms with Gasteiger partial charge in [0.1, 0.15) is 0 Å². The number of imide groups is 1. The van der Waals surface area contributed by atoms with Crippen molar-refractivity contribution in [1.29, 1.82) is 0 Å². The molecule has 0 unspecified atom stereocenters. The number of carbonyl (C=O) groups is 4. The van der Waals surface area contributed by atoms with Crippen molar-refractivity contribution >= 4 is 29.3 Å². The standard InChI is InChI=1S/C20H19N3O4/c1-12(2)22-17(24)11-21-18(25)13-7-9-14(10-8-13)23-19(26)15-5-3-4-6-16(15)20(23)27/h3-10,12H,11H2,1-2H3,(H,21,25)(H,22,24). The van der Waals surface area contributed by atoms with E-state index in [-0.39, 0.29) is 18.5 Å². The molecule has 4 amide bonds. The molecule has 2 aromatic rings. The normalized spacial score (nSPS) is 12.9. The van der Waals surface area contributed by atoms with Crippen LogP contribution in [0.4, 0.5) is 5.69 Å². The molecular weight excluding hydrogens is 346 g/mol. The number of amides is 4. The summed E-state index contributed by atoms with van der Waals surface area (Å²) in [7, 11) is 0. The molecular formula is C20H19N3O4. The van der Waals surface area contributed by atoms with E-state index >= 15 is 0 Å². The fraction of sp³-hybridized carbons (Fsp3) is 0.200. The highest BCUT2D eigenvalue weighted by atomic mass is 16.2. The van der Waals surface area contributed by atoms with Gasteiger partial charge in [-0.05, 0) is 50.2 Å². The lowest BCUT2D eigenvalue weighted by Gasteiger charge is -2.14. The fourth-order valence-corrected chi connectivity index (χ4v) is 2.82. The Balaban J connectivity index is 1.69. The number of hydrogen-bond acceptors (Lipinski definition) is 4. The second-order valence-electron chi connectivity index (χ2n) is 6.44. The summed E-state index contributed by atoms with van der Waals surface area (Å²) in [6.07, 6.45) is 0. The third-order valence-electron chi connectivity index (χ3n) is 4.04. The Kier molecular flexibility index (Phi) is 5.03. The smallest absolute Gasteiger partial charge is 0.266 e. The minimum atomic E-state index is -0.414. The van der Waals surface area contributed by atoms with Crippen LogP contribution in [-0.4, -0.2) is 36.2 Å². The summed E-state index contributed by atoms with van der Waals surface area (Å²) < 4.78 is 0. The number of benzene rings is 2. The van der Waals surface area contributed by atoms with E-state index in [9.17, 15) is 19.2 Å². The Morgan fingerprint density at radius 2 is 1.48 bits per heavy atom. The van der Waals surface area contributed by atoms with Crippen molar-refractivity contribution in [2.75, 3.05) is 11.4 Å². The lowest BCUT2D eigenvalue weighted by molar-refractivity contribution is -0.120. The van der Waals surface area contributed by atoms with Crippen LogP contribution in [0.2, 0.25) is 0 Å². The van der Waals surface area contributed by atoms with Crippen LogP contribution < -0.4 is 15.5 Å². The van der Waals surface area contributed by atoms with E-state index in [1.54, 1.807) is 24.3 Å². The van der Waals surface area contributed by atoms with E-state index in [1.165, 1.54) is 24.3 Å². The molecule has 0 atom stereocenters. The maximum atomic E-state index is 12.5. The van der Waals surface area contributed by atoms with Crippen molar-refractivity contribution in [1.82, 2.24) is 10.6 Å². The number of nitrogens with zero attached hydrogens (tertiary/aromatic N) is 1. The van der Waals surface area contributed by atoms with Crippen molar-refractivity contribution in [2.24, 2.45) is 0 Å². The van der Waals surface area contributed by atoms with Crippen LogP contribution in [0.3, 0.4) is 0 Å². The molecule has 0 bridgehead atoms. The minimum Gasteiger partial charge on any atom is -0.352 e. The molecule has 3 rings (SSSR count). The highest BCUT2D eigenvalue weighted by Gasteiger charge is 2.36. The monoisotopic (exact) mass is 365 g/mol. The second kappa shape index (κ2) is 7.41. The molecule has 1 aliphatic rings. The predicted octanol–water partition coefficient (Wildman–Crippen LogP) is 1.74. The second-order valence-corrected chi connectivity index (χ2v) is 6.44. The number of carbonyl (C=O) groups excluding carboxylic acids is 4. The van der Waals surface area contributed by atoms with E-state index in [1.807, 2.05) is 13.8 Å². The Bertz CT molecular complexity index is 884. The van der Waals surface area contributed by atoms with Crippen molar-refractivity contribution < 1.29 is 19.2 Å². The molecule has 7 nitrogen and oxygen atoms in total. The highest BCUT2D eigenvalue weighted by Crippen LogP contribution is 2.28. The van der Waals surface area contributed by atoms with Gasteiger partial charge in [0.25, 0.3) is 17.7 Å². The van der Waals surface area contributed by atoms with E-state index in [0.29, 0.717) is 22.4 Å². The van der Waals surface area contributed by atoms with Crippen LogP contribution in [0.5, 0.6) is 0 Å². The highest BCUT2D eigenvalue weighted by molar-refractivity contribution is 6.34. The van der Waals surface area contributed by atoms with Crippen LogP contribution in [0.15, 0.2) is 48.5 Å². The van der Waals surface area contributed by atoms with Gasteiger partial charge in [-0.25, -0.2) is 4.90 Å². The van der Waals surface area contributed by atoms with Gasteiger partial charge in [-0.2, -0.15) is 0 Å². The van der Waals surface area contributed by atoms with Gasteiger partial charge >= 0.3 is 0 Å². The first-order valence-corrected chi connectivity index (χ1v) is 8.54.